The van der Waals surface area contributed by atoms with E-state index in [0.717, 1.165) is 34.0 Å². The van der Waals surface area contributed by atoms with Crippen molar-refractivity contribution in [2.75, 3.05) is 6.54 Å². The van der Waals surface area contributed by atoms with Gasteiger partial charge >= 0.3 is 0 Å². The molecule has 0 spiro atoms. The molecule has 0 aliphatic rings. The van der Waals surface area contributed by atoms with Crippen LogP contribution in [0.1, 0.15) is 16.1 Å². The first-order valence-corrected chi connectivity index (χ1v) is 9.66. The Kier molecular flexibility index (Phi) is 4.33. The van der Waals surface area contributed by atoms with E-state index in [4.69, 9.17) is 0 Å². The Morgan fingerprint density at radius 2 is 1.72 bits per heavy atom. The number of nitrogens with one attached hydrogen (secondary N) is 3. The van der Waals surface area contributed by atoms with Gasteiger partial charge in [0.2, 0.25) is 0 Å². The summed E-state index contributed by atoms with van der Waals surface area (Å²) in [5.41, 5.74) is 4.55. The fourth-order valence-corrected chi connectivity index (χ4v) is 3.77. The van der Waals surface area contributed by atoms with Gasteiger partial charge in [0.25, 0.3) is 5.91 Å². The van der Waals surface area contributed by atoms with E-state index in [9.17, 15) is 4.79 Å². The number of aromatic nitrogens is 3. The maximum Gasteiger partial charge on any atom is 0.269 e. The number of fused-ring (bicyclic) bond motifs is 2. The lowest BCUT2D eigenvalue weighted by molar-refractivity contribution is 0.0949. The lowest BCUT2D eigenvalue weighted by Crippen LogP contribution is -2.25. The van der Waals surface area contributed by atoms with Crippen molar-refractivity contribution in [2.45, 2.75) is 6.42 Å². The van der Waals surface area contributed by atoms with Gasteiger partial charge in [0.1, 0.15) is 5.69 Å². The predicted octanol–water partition coefficient (Wildman–Crippen LogP) is 4.68. The predicted molar refractivity (Wildman–Crippen MR) is 116 cm³/mol. The third kappa shape index (κ3) is 3.27. The first-order valence-electron chi connectivity index (χ1n) is 9.66. The van der Waals surface area contributed by atoms with E-state index in [2.05, 4.69) is 50.8 Å². The maximum atomic E-state index is 12.6. The third-order valence-electron chi connectivity index (χ3n) is 5.24. The molecule has 29 heavy (non-hydrogen) atoms. The fraction of sp³-hybridized carbons (Fsp3) is 0.0833. The van der Waals surface area contributed by atoms with Crippen LogP contribution in [-0.4, -0.2) is 27.6 Å². The van der Waals surface area contributed by atoms with E-state index in [1.807, 2.05) is 48.7 Å². The zero-order valence-electron chi connectivity index (χ0n) is 15.8. The minimum atomic E-state index is -0.149. The van der Waals surface area contributed by atoms with Crippen molar-refractivity contribution in [3.05, 3.63) is 90.3 Å². The summed E-state index contributed by atoms with van der Waals surface area (Å²) in [6.45, 7) is 0.559. The van der Waals surface area contributed by atoms with E-state index in [1.165, 1.54) is 10.9 Å². The third-order valence-corrected chi connectivity index (χ3v) is 5.24. The maximum absolute atomic E-state index is 12.6. The van der Waals surface area contributed by atoms with Gasteiger partial charge in [0.05, 0.1) is 5.69 Å². The highest BCUT2D eigenvalue weighted by Gasteiger charge is 2.13. The largest absolute Gasteiger partial charge is 0.361 e. The number of H-pyrrole nitrogens is 2. The van der Waals surface area contributed by atoms with Crippen molar-refractivity contribution in [2.24, 2.45) is 0 Å². The van der Waals surface area contributed by atoms with Gasteiger partial charge in [-0.25, -0.2) is 0 Å². The molecule has 0 saturated heterocycles. The highest BCUT2D eigenvalue weighted by molar-refractivity contribution is 5.98. The second-order valence-corrected chi connectivity index (χ2v) is 7.06. The Balaban J connectivity index is 1.29. The number of amides is 1. The quantitative estimate of drug-likeness (QED) is 0.414. The zero-order chi connectivity index (χ0) is 19.6. The van der Waals surface area contributed by atoms with E-state index < -0.39 is 0 Å². The molecule has 3 N–H and O–H groups in total. The van der Waals surface area contributed by atoms with Crippen LogP contribution in [0.3, 0.4) is 0 Å². The number of aromatic amines is 2. The molecule has 0 fully saturated rings. The summed E-state index contributed by atoms with van der Waals surface area (Å²) in [7, 11) is 0. The first-order chi connectivity index (χ1) is 14.3. The number of carbonyl (C=O) groups excluding carboxylic acids is 1. The Morgan fingerprint density at radius 1 is 0.931 bits per heavy atom. The molecule has 0 bridgehead atoms. The van der Waals surface area contributed by atoms with Crippen LogP contribution >= 0.6 is 0 Å². The zero-order valence-corrected chi connectivity index (χ0v) is 15.8. The van der Waals surface area contributed by atoms with Crippen LogP contribution in [0.4, 0.5) is 0 Å². The van der Waals surface area contributed by atoms with Gasteiger partial charge in [-0.3, -0.25) is 9.89 Å². The minimum Gasteiger partial charge on any atom is -0.361 e. The van der Waals surface area contributed by atoms with Gasteiger partial charge in [-0.1, -0.05) is 60.7 Å². The second-order valence-electron chi connectivity index (χ2n) is 7.06. The van der Waals surface area contributed by atoms with Gasteiger partial charge in [-0.05, 0) is 34.9 Å². The molecule has 0 aliphatic carbocycles. The van der Waals surface area contributed by atoms with Crippen molar-refractivity contribution in [3.8, 4) is 11.3 Å². The second kappa shape index (κ2) is 7.28. The molecule has 5 aromatic rings. The molecule has 2 heterocycles. The summed E-state index contributed by atoms with van der Waals surface area (Å²) in [4.78, 5) is 15.8. The van der Waals surface area contributed by atoms with Crippen LogP contribution in [0.25, 0.3) is 32.9 Å². The van der Waals surface area contributed by atoms with Crippen molar-refractivity contribution in [1.29, 1.82) is 0 Å². The number of rotatable bonds is 5. The molecule has 142 valence electrons. The van der Waals surface area contributed by atoms with Crippen LogP contribution < -0.4 is 5.32 Å². The van der Waals surface area contributed by atoms with Crippen LogP contribution in [-0.2, 0) is 6.42 Å². The Morgan fingerprint density at radius 3 is 2.66 bits per heavy atom. The highest BCUT2D eigenvalue weighted by atomic mass is 16.1. The SMILES string of the molecule is O=C(NCCc1c[nH]c2ccccc12)c1cc(-c2cccc3ccccc23)n[nH]1. The molecular weight excluding hydrogens is 360 g/mol. The molecule has 0 saturated carbocycles. The summed E-state index contributed by atoms with van der Waals surface area (Å²) in [5.74, 6) is -0.149. The number of carbonyl (C=O) groups is 1. The molecule has 5 heteroatoms. The summed E-state index contributed by atoms with van der Waals surface area (Å²) in [5, 5.41) is 13.7. The molecule has 2 aromatic heterocycles. The first kappa shape index (κ1) is 17.3. The molecule has 5 rings (SSSR count). The van der Waals surface area contributed by atoms with Crippen LogP contribution in [0.15, 0.2) is 79.0 Å². The average molecular weight is 380 g/mol. The number of para-hydroxylation sites is 1. The summed E-state index contributed by atoms with van der Waals surface area (Å²) in [6, 6.07) is 24.3. The van der Waals surface area contributed by atoms with Gasteiger partial charge in [0.15, 0.2) is 0 Å². The van der Waals surface area contributed by atoms with Crippen molar-refractivity contribution < 1.29 is 4.79 Å². The Labute approximate surface area is 167 Å². The van der Waals surface area contributed by atoms with Crippen LogP contribution in [0, 0.1) is 0 Å². The van der Waals surface area contributed by atoms with Crippen LogP contribution in [0.5, 0.6) is 0 Å². The molecule has 3 aromatic carbocycles. The average Bonchev–Trinajstić information content (AvgIpc) is 3.41. The normalized spacial score (nSPS) is 11.2. The topological polar surface area (TPSA) is 73.6 Å². The van der Waals surface area contributed by atoms with E-state index in [0.29, 0.717) is 12.2 Å². The van der Waals surface area contributed by atoms with E-state index in [-0.39, 0.29) is 5.91 Å². The standard InChI is InChI=1S/C24H20N4O/c29-24(25-13-12-17-15-26-21-11-4-3-9-19(17)21)23-14-22(27-28-23)20-10-5-7-16-6-1-2-8-18(16)20/h1-11,14-15,26H,12-13H2,(H,25,29)(H,27,28). The van der Waals surface area contributed by atoms with Crippen LogP contribution in [0.2, 0.25) is 0 Å². The summed E-state index contributed by atoms with van der Waals surface area (Å²) >= 11 is 0. The van der Waals surface area contributed by atoms with Gasteiger partial charge in [-0.2, -0.15) is 5.10 Å². The molecule has 0 radical (unpaired) electrons. The van der Waals surface area contributed by atoms with Crippen molar-refractivity contribution in [3.63, 3.8) is 0 Å². The number of hydrogen-bond donors (Lipinski definition) is 3. The summed E-state index contributed by atoms with van der Waals surface area (Å²) < 4.78 is 0. The number of benzene rings is 3. The van der Waals surface area contributed by atoms with Crippen molar-refractivity contribution >= 4 is 27.6 Å². The Hall–Kier alpha value is -3.86. The number of nitrogens with zero attached hydrogens (tertiary/aromatic N) is 1. The Bertz CT molecular complexity index is 1310. The molecule has 5 nitrogen and oxygen atoms in total. The number of hydrogen-bond acceptors (Lipinski definition) is 2. The van der Waals surface area contributed by atoms with E-state index >= 15 is 0 Å². The van der Waals surface area contributed by atoms with Crippen molar-refractivity contribution in [1.82, 2.24) is 20.5 Å². The van der Waals surface area contributed by atoms with Gasteiger partial charge in [-0.15, -0.1) is 0 Å². The molecular formula is C24H20N4O. The molecule has 0 atom stereocenters. The van der Waals surface area contributed by atoms with Gasteiger partial charge in [0, 0.05) is 29.2 Å². The van der Waals surface area contributed by atoms with Gasteiger partial charge < -0.3 is 10.3 Å². The molecule has 0 unspecified atom stereocenters. The lowest BCUT2D eigenvalue weighted by atomic mass is 10.0. The minimum absolute atomic E-state index is 0.149. The fourth-order valence-electron chi connectivity index (χ4n) is 3.77. The summed E-state index contributed by atoms with van der Waals surface area (Å²) in [6.07, 6.45) is 2.77. The molecule has 0 aliphatic heterocycles. The monoisotopic (exact) mass is 380 g/mol. The highest BCUT2D eigenvalue weighted by Crippen LogP contribution is 2.27. The molecule has 1 amide bonds. The van der Waals surface area contributed by atoms with E-state index in [1.54, 1.807) is 0 Å². The smallest absolute Gasteiger partial charge is 0.269 e. The lowest BCUT2D eigenvalue weighted by Gasteiger charge is -2.03.